The van der Waals surface area contributed by atoms with Gasteiger partial charge >= 0.3 is 0 Å². The third-order valence-electron chi connectivity index (χ3n) is 2.23. The quantitative estimate of drug-likeness (QED) is 0.691. The summed E-state index contributed by atoms with van der Waals surface area (Å²) in [6.45, 7) is 5.26. The summed E-state index contributed by atoms with van der Waals surface area (Å²) in [5.41, 5.74) is 0. The first-order chi connectivity index (χ1) is 8.72. The van der Waals surface area contributed by atoms with Crippen LogP contribution in [0.5, 0.6) is 5.75 Å². The molecule has 0 aliphatic heterocycles. The molecule has 0 atom stereocenters. The maximum absolute atomic E-state index is 12.8. The van der Waals surface area contributed by atoms with Crippen molar-refractivity contribution in [2.45, 2.75) is 13.3 Å². The highest BCUT2D eigenvalue weighted by atomic mass is 19.1. The van der Waals surface area contributed by atoms with Gasteiger partial charge in [-0.25, -0.2) is 8.78 Å². The van der Waals surface area contributed by atoms with Gasteiger partial charge in [-0.05, 0) is 19.9 Å². The maximum Gasteiger partial charge on any atom is 0.129 e. The van der Waals surface area contributed by atoms with Gasteiger partial charge in [-0.2, -0.15) is 0 Å². The predicted molar refractivity (Wildman–Crippen MR) is 65.8 cm³/mol. The molecule has 1 aromatic carbocycles. The van der Waals surface area contributed by atoms with E-state index in [0.717, 1.165) is 44.4 Å². The molecule has 0 spiro atoms. The summed E-state index contributed by atoms with van der Waals surface area (Å²) in [6, 6.07) is 3.15. The SMILES string of the molecule is CCOCCCNCCOc1cc(F)cc(F)c1. The van der Waals surface area contributed by atoms with Gasteiger partial charge in [0.1, 0.15) is 24.0 Å². The van der Waals surface area contributed by atoms with E-state index in [1.54, 1.807) is 0 Å². The lowest BCUT2D eigenvalue weighted by Crippen LogP contribution is -2.23. The van der Waals surface area contributed by atoms with Crippen LogP contribution in [0, 0.1) is 11.6 Å². The molecule has 0 fully saturated rings. The summed E-state index contributed by atoms with van der Waals surface area (Å²) in [5, 5.41) is 3.15. The summed E-state index contributed by atoms with van der Waals surface area (Å²) in [7, 11) is 0. The lowest BCUT2D eigenvalue weighted by Gasteiger charge is -2.08. The fourth-order valence-electron chi connectivity index (χ4n) is 1.42. The number of hydrogen-bond donors (Lipinski definition) is 1. The fraction of sp³-hybridized carbons (Fsp3) is 0.538. The molecule has 1 aromatic rings. The lowest BCUT2D eigenvalue weighted by atomic mass is 10.3. The van der Waals surface area contributed by atoms with Crippen LogP contribution in [0.4, 0.5) is 8.78 Å². The number of benzene rings is 1. The highest BCUT2D eigenvalue weighted by Crippen LogP contribution is 2.14. The van der Waals surface area contributed by atoms with Crippen molar-refractivity contribution < 1.29 is 18.3 Å². The van der Waals surface area contributed by atoms with Gasteiger partial charge in [0, 0.05) is 38.0 Å². The first-order valence-electron chi connectivity index (χ1n) is 6.09. The van der Waals surface area contributed by atoms with Crippen molar-refractivity contribution in [2.24, 2.45) is 0 Å². The standard InChI is InChI=1S/C13H19F2NO2/c1-2-17-6-3-4-16-5-7-18-13-9-11(14)8-12(15)10-13/h8-10,16H,2-7H2,1H3. The average Bonchev–Trinajstić information content (AvgIpc) is 2.31. The number of rotatable bonds is 9. The Hall–Kier alpha value is -1.20. The second-order valence-corrected chi connectivity index (χ2v) is 3.75. The van der Waals surface area contributed by atoms with Crippen molar-refractivity contribution in [3.05, 3.63) is 29.8 Å². The van der Waals surface area contributed by atoms with Gasteiger partial charge in [0.2, 0.25) is 0 Å². The van der Waals surface area contributed by atoms with E-state index in [1.165, 1.54) is 0 Å². The van der Waals surface area contributed by atoms with E-state index in [1.807, 2.05) is 6.92 Å². The molecule has 0 unspecified atom stereocenters. The predicted octanol–water partition coefficient (Wildman–Crippen LogP) is 2.36. The average molecular weight is 259 g/mol. The smallest absolute Gasteiger partial charge is 0.129 e. The van der Waals surface area contributed by atoms with Crippen LogP contribution in [-0.2, 0) is 4.74 Å². The van der Waals surface area contributed by atoms with E-state index in [-0.39, 0.29) is 5.75 Å². The summed E-state index contributed by atoms with van der Waals surface area (Å²) in [5.74, 6) is -1.05. The summed E-state index contributed by atoms with van der Waals surface area (Å²) < 4.78 is 36.1. The van der Waals surface area contributed by atoms with E-state index in [2.05, 4.69) is 5.32 Å². The lowest BCUT2D eigenvalue weighted by molar-refractivity contribution is 0.144. The van der Waals surface area contributed by atoms with Crippen LogP contribution in [0.15, 0.2) is 18.2 Å². The Kier molecular flexibility index (Phi) is 7.29. The molecule has 0 bridgehead atoms. The van der Waals surface area contributed by atoms with Crippen molar-refractivity contribution in [2.75, 3.05) is 32.9 Å². The normalized spacial score (nSPS) is 10.6. The van der Waals surface area contributed by atoms with Crippen molar-refractivity contribution in [1.29, 1.82) is 0 Å². The van der Waals surface area contributed by atoms with E-state index in [4.69, 9.17) is 9.47 Å². The second-order valence-electron chi connectivity index (χ2n) is 3.75. The molecule has 0 aromatic heterocycles. The van der Waals surface area contributed by atoms with Crippen LogP contribution in [0.1, 0.15) is 13.3 Å². The number of nitrogens with one attached hydrogen (secondary N) is 1. The number of halogens is 2. The largest absolute Gasteiger partial charge is 0.492 e. The molecule has 0 amide bonds. The molecule has 5 heteroatoms. The third kappa shape index (κ3) is 6.51. The molecule has 102 valence electrons. The van der Waals surface area contributed by atoms with Gasteiger partial charge in [-0.15, -0.1) is 0 Å². The van der Waals surface area contributed by atoms with Gasteiger partial charge in [-0.1, -0.05) is 0 Å². The molecular formula is C13H19F2NO2. The van der Waals surface area contributed by atoms with Gasteiger partial charge in [0.05, 0.1) is 0 Å². The Morgan fingerprint density at radius 3 is 2.44 bits per heavy atom. The molecule has 3 nitrogen and oxygen atoms in total. The van der Waals surface area contributed by atoms with Crippen LogP contribution < -0.4 is 10.1 Å². The topological polar surface area (TPSA) is 30.5 Å². The zero-order valence-corrected chi connectivity index (χ0v) is 10.5. The zero-order chi connectivity index (χ0) is 13.2. The highest BCUT2D eigenvalue weighted by molar-refractivity contribution is 5.23. The monoisotopic (exact) mass is 259 g/mol. The Balaban J connectivity index is 2.07. The molecular weight excluding hydrogens is 240 g/mol. The molecule has 1 N–H and O–H groups in total. The van der Waals surface area contributed by atoms with Crippen molar-refractivity contribution in [1.82, 2.24) is 5.32 Å². The van der Waals surface area contributed by atoms with Crippen LogP contribution in [-0.4, -0.2) is 32.9 Å². The van der Waals surface area contributed by atoms with Crippen LogP contribution in [0.2, 0.25) is 0 Å². The maximum atomic E-state index is 12.8. The third-order valence-corrected chi connectivity index (χ3v) is 2.23. The van der Waals surface area contributed by atoms with Crippen LogP contribution in [0.3, 0.4) is 0 Å². The Bertz CT molecular complexity index is 328. The highest BCUT2D eigenvalue weighted by Gasteiger charge is 2.00. The van der Waals surface area contributed by atoms with Gasteiger partial charge in [-0.3, -0.25) is 0 Å². The van der Waals surface area contributed by atoms with Crippen molar-refractivity contribution in [3.63, 3.8) is 0 Å². The molecule has 1 rings (SSSR count). The summed E-state index contributed by atoms with van der Waals surface area (Å²) in [4.78, 5) is 0. The second kappa shape index (κ2) is 8.83. The van der Waals surface area contributed by atoms with Crippen LogP contribution >= 0.6 is 0 Å². The molecule has 18 heavy (non-hydrogen) atoms. The zero-order valence-electron chi connectivity index (χ0n) is 10.5. The minimum absolute atomic E-state index is 0.212. The van der Waals surface area contributed by atoms with E-state index < -0.39 is 11.6 Å². The summed E-state index contributed by atoms with van der Waals surface area (Å²) >= 11 is 0. The molecule has 0 saturated carbocycles. The van der Waals surface area contributed by atoms with Crippen molar-refractivity contribution >= 4 is 0 Å². The van der Waals surface area contributed by atoms with Gasteiger partial charge < -0.3 is 14.8 Å². The number of ether oxygens (including phenoxy) is 2. The van der Waals surface area contributed by atoms with Crippen LogP contribution in [0.25, 0.3) is 0 Å². The molecule has 0 saturated heterocycles. The van der Waals surface area contributed by atoms with E-state index in [0.29, 0.717) is 13.2 Å². The van der Waals surface area contributed by atoms with E-state index in [9.17, 15) is 8.78 Å². The minimum atomic E-state index is -0.630. The molecule has 0 radical (unpaired) electrons. The first kappa shape index (κ1) is 14.9. The fourth-order valence-corrected chi connectivity index (χ4v) is 1.42. The Labute approximate surface area is 106 Å². The van der Waals surface area contributed by atoms with Crippen molar-refractivity contribution in [3.8, 4) is 5.75 Å². The first-order valence-corrected chi connectivity index (χ1v) is 6.09. The summed E-state index contributed by atoms with van der Waals surface area (Å²) in [6.07, 6.45) is 0.933. The van der Waals surface area contributed by atoms with E-state index >= 15 is 0 Å². The Morgan fingerprint density at radius 2 is 1.78 bits per heavy atom. The molecule has 0 aliphatic rings. The Morgan fingerprint density at radius 1 is 1.06 bits per heavy atom. The minimum Gasteiger partial charge on any atom is -0.492 e. The number of hydrogen-bond acceptors (Lipinski definition) is 3. The van der Waals surface area contributed by atoms with Gasteiger partial charge in [0.15, 0.2) is 0 Å². The molecule has 0 heterocycles. The molecule has 0 aliphatic carbocycles. The van der Waals surface area contributed by atoms with Gasteiger partial charge in [0.25, 0.3) is 0 Å².